The first-order valence-electron chi connectivity index (χ1n) is 6.62. The monoisotopic (exact) mass is 286 g/mol. The van der Waals surface area contributed by atoms with E-state index in [0.29, 0.717) is 0 Å². The van der Waals surface area contributed by atoms with E-state index in [1.165, 1.54) is 11.7 Å². The van der Waals surface area contributed by atoms with Crippen molar-refractivity contribution in [1.82, 2.24) is 4.57 Å². The van der Waals surface area contributed by atoms with Gasteiger partial charge in [0.1, 0.15) is 6.54 Å². The molecule has 0 aliphatic heterocycles. The van der Waals surface area contributed by atoms with Gasteiger partial charge in [0.25, 0.3) is 5.56 Å². The lowest BCUT2D eigenvalue weighted by atomic mass is 10.1. The number of benzene rings is 1. The second-order valence-corrected chi connectivity index (χ2v) is 4.88. The summed E-state index contributed by atoms with van der Waals surface area (Å²) in [7, 11) is 1.43. The fourth-order valence-electron chi connectivity index (χ4n) is 2.01. The van der Waals surface area contributed by atoms with Crippen molar-refractivity contribution in [3.63, 3.8) is 0 Å². The standard InChI is InChI=1S/C16H18N2O3/c1-11-6-7-12(2)13(9-11)17-15(19)10-18-8-4-5-14(21-3)16(18)20/h4-9H,10H2,1-3H3,(H,17,19). The Labute approximate surface area is 123 Å². The molecule has 0 atom stereocenters. The highest BCUT2D eigenvalue weighted by molar-refractivity contribution is 5.91. The van der Waals surface area contributed by atoms with Crippen LogP contribution in [0, 0.1) is 13.8 Å². The number of nitrogens with zero attached hydrogens (tertiary/aromatic N) is 1. The number of aryl methyl sites for hydroxylation is 2. The van der Waals surface area contributed by atoms with Gasteiger partial charge in [-0.2, -0.15) is 0 Å². The van der Waals surface area contributed by atoms with Gasteiger partial charge in [-0.05, 0) is 43.2 Å². The van der Waals surface area contributed by atoms with Crippen LogP contribution in [-0.4, -0.2) is 17.6 Å². The van der Waals surface area contributed by atoms with Crippen molar-refractivity contribution in [1.29, 1.82) is 0 Å². The molecule has 1 N–H and O–H groups in total. The zero-order valence-corrected chi connectivity index (χ0v) is 12.3. The normalized spacial score (nSPS) is 10.2. The molecule has 2 rings (SSSR count). The zero-order valence-electron chi connectivity index (χ0n) is 12.3. The molecule has 5 heteroatoms. The smallest absolute Gasteiger partial charge is 0.293 e. The summed E-state index contributed by atoms with van der Waals surface area (Å²) in [4.78, 5) is 24.1. The van der Waals surface area contributed by atoms with Gasteiger partial charge in [-0.3, -0.25) is 9.59 Å². The first-order chi connectivity index (χ1) is 10.0. The van der Waals surface area contributed by atoms with E-state index >= 15 is 0 Å². The highest BCUT2D eigenvalue weighted by Crippen LogP contribution is 2.16. The Kier molecular flexibility index (Phi) is 4.42. The molecular formula is C16H18N2O3. The summed E-state index contributed by atoms with van der Waals surface area (Å²) in [5.74, 6) is -0.0314. The van der Waals surface area contributed by atoms with E-state index in [9.17, 15) is 9.59 Å². The van der Waals surface area contributed by atoms with Gasteiger partial charge in [-0.25, -0.2) is 0 Å². The number of carbonyl (C=O) groups is 1. The van der Waals surface area contributed by atoms with Gasteiger partial charge in [0.2, 0.25) is 5.91 Å². The molecule has 110 valence electrons. The molecule has 0 bridgehead atoms. The van der Waals surface area contributed by atoms with Gasteiger partial charge in [0, 0.05) is 11.9 Å². The van der Waals surface area contributed by atoms with Crippen LogP contribution >= 0.6 is 0 Å². The molecule has 0 fully saturated rings. The van der Waals surface area contributed by atoms with Crippen LogP contribution in [0.1, 0.15) is 11.1 Å². The zero-order chi connectivity index (χ0) is 15.4. The molecule has 1 aromatic heterocycles. The molecule has 0 aliphatic carbocycles. The summed E-state index contributed by atoms with van der Waals surface area (Å²) >= 11 is 0. The molecule has 0 unspecified atom stereocenters. The molecule has 0 saturated carbocycles. The van der Waals surface area contributed by atoms with E-state index < -0.39 is 0 Å². The van der Waals surface area contributed by atoms with Crippen molar-refractivity contribution in [2.24, 2.45) is 0 Å². The van der Waals surface area contributed by atoms with Gasteiger partial charge >= 0.3 is 0 Å². The molecule has 21 heavy (non-hydrogen) atoms. The third kappa shape index (κ3) is 3.51. The fourth-order valence-corrected chi connectivity index (χ4v) is 2.01. The van der Waals surface area contributed by atoms with E-state index in [0.717, 1.165) is 16.8 Å². The maximum atomic E-state index is 12.1. The SMILES string of the molecule is COc1cccn(CC(=O)Nc2cc(C)ccc2C)c1=O. The third-order valence-electron chi connectivity index (χ3n) is 3.19. The Bertz CT molecular complexity index is 720. The van der Waals surface area contributed by atoms with Crippen LogP contribution in [0.2, 0.25) is 0 Å². The number of methoxy groups -OCH3 is 1. The minimum Gasteiger partial charge on any atom is -0.491 e. The second kappa shape index (κ2) is 6.26. The molecule has 0 radical (unpaired) electrons. The van der Waals surface area contributed by atoms with Crippen molar-refractivity contribution in [2.45, 2.75) is 20.4 Å². The van der Waals surface area contributed by atoms with Crippen molar-refractivity contribution < 1.29 is 9.53 Å². The first kappa shape index (κ1) is 14.8. The largest absolute Gasteiger partial charge is 0.491 e. The van der Waals surface area contributed by atoms with Gasteiger partial charge in [-0.1, -0.05) is 12.1 Å². The number of pyridine rings is 1. The number of rotatable bonds is 4. The van der Waals surface area contributed by atoms with Crippen molar-refractivity contribution in [2.75, 3.05) is 12.4 Å². The van der Waals surface area contributed by atoms with Crippen LogP contribution in [0.15, 0.2) is 41.3 Å². The van der Waals surface area contributed by atoms with Crippen molar-refractivity contribution in [3.05, 3.63) is 58.0 Å². The summed E-state index contributed by atoms with van der Waals surface area (Å²) in [6.07, 6.45) is 1.56. The highest BCUT2D eigenvalue weighted by Gasteiger charge is 2.09. The molecule has 2 aromatic rings. The quantitative estimate of drug-likeness (QED) is 0.936. The number of carbonyl (C=O) groups excluding carboxylic acids is 1. The van der Waals surface area contributed by atoms with Gasteiger partial charge < -0.3 is 14.6 Å². The minimum absolute atomic E-state index is 0.0522. The Morgan fingerprint density at radius 3 is 2.76 bits per heavy atom. The summed E-state index contributed by atoms with van der Waals surface area (Å²) in [6, 6.07) is 9.08. The van der Waals surface area contributed by atoms with E-state index in [1.807, 2.05) is 32.0 Å². The second-order valence-electron chi connectivity index (χ2n) is 4.88. The lowest BCUT2D eigenvalue weighted by Crippen LogP contribution is -2.27. The Hall–Kier alpha value is -2.56. The third-order valence-corrected chi connectivity index (χ3v) is 3.19. The summed E-state index contributed by atoms with van der Waals surface area (Å²) < 4.78 is 6.27. The van der Waals surface area contributed by atoms with Gasteiger partial charge in [0.15, 0.2) is 5.75 Å². The molecule has 0 saturated heterocycles. The number of amides is 1. The average Bonchev–Trinajstić information content (AvgIpc) is 2.45. The molecule has 0 aliphatic rings. The maximum absolute atomic E-state index is 12.1. The highest BCUT2D eigenvalue weighted by atomic mass is 16.5. The number of ether oxygens (including phenoxy) is 1. The molecular weight excluding hydrogens is 268 g/mol. The Morgan fingerprint density at radius 1 is 1.29 bits per heavy atom. The predicted molar refractivity (Wildman–Crippen MR) is 81.8 cm³/mol. The first-order valence-corrected chi connectivity index (χ1v) is 6.62. The Balaban J connectivity index is 2.16. The van der Waals surface area contributed by atoms with Gasteiger partial charge in [0.05, 0.1) is 7.11 Å². The van der Waals surface area contributed by atoms with E-state index in [4.69, 9.17) is 4.74 Å². The van der Waals surface area contributed by atoms with Crippen LogP contribution in [0.5, 0.6) is 5.75 Å². The molecule has 1 heterocycles. The predicted octanol–water partition coefficient (Wildman–Crippen LogP) is 2.11. The Morgan fingerprint density at radius 2 is 2.05 bits per heavy atom. The average molecular weight is 286 g/mol. The van der Waals surface area contributed by atoms with Crippen LogP contribution in [0.4, 0.5) is 5.69 Å². The summed E-state index contributed by atoms with van der Waals surface area (Å²) in [5.41, 5.74) is 2.48. The topological polar surface area (TPSA) is 60.3 Å². The maximum Gasteiger partial charge on any atom is 0.293 e. The molecule has 5 nitrogen and oxygen atoms in total. The van der Waals surface area contributed by atoms with E-state index in [-0.39, 0.29) is 23.8 Å². The summed E-state index contributed by atoms with van der Waals surface area (Å²) in [5, 5.41) is 2.82. The number of hydrogen-bond acceptors (Lipinski definition) is 3. The lowest BCUT2D eigenvalue weighted by molar-refractivity contribution is -0.116. The molecule has 1 amide bonds. The minimum atomic E-state index is -0.323. The van der Waals surface area contributed by atoms with Crippen LogP contribution in [-0.2, 0) is 11.3 Å². The number of anilines is 1. The number of nitrogens with one attached hydrogen (secondary N) is 1. The van der Waals surface area contributed by atoms with Crippen LogP contribution in [0.3, 0.4) is 0 Å². The van der Waals surface area contributed by atoms with Crippen LogP contribution < -0.4 is 15.6 Å². The summed E-state index contributed by atoms with van der Waals surface area (Å²) in [6.45, 7) is 3.83. The van der Waals surface area contributed by atoms with Crippen molar-refractivity contribution >= 4 is 11.6 Å². The fraction of sp³-hybridized carbons (Fsp3) is 0.250. The van der Waals surface area contributed by atoms with E-state index in [2.05, 4.69) is 5.32 Å². The lowest BCUT2D eigenvalue weighted by Gasteiger charge is -2.11. The number of hydrogen-bond donors (Lipinski definition) is 1. The molecule has 0 spiro atoms. The van der Waals surface area contributed by atoms with Crippen molar-refractivity contribution in [3.8, 4) is 5.75 Å². The van der Waals surface area contributed by atoms with Gasteiger partial charge in [-0.15, -0.1) is 0 Å². The molecule has 1 aromatic carbocycles. The van der Waals surface area contributed by atoms with Crippen LogP contribution in [0.25, 0.3) is 0 Å². The number of aromatic nitrogens is 1. The van der Waals surface area contributed by atoms with E-state index in [1.54, 1.807) is 18.3 Å².